The van der Waals surface area contributed by atoms with Crippen LogP contribution in [0.2, 0.25) is 0 Å². The summed E-state index contributed by atoms with van der Waals surface area (Å²) < 4.78 is 31.3. The number of carbonyl (C=O) groups excluding carboxylic acids is 2. The van der Waals surface area contributed by atoms with E-state index in [1.807, 2.05) is 17.4 Å². The lowest BCUT2D eigenvalue weighted by molar-refractivity contribution is -0.142. The molecule has 1 fully saturated rings. The third-order valence-electron chi connectivity index (χ3n) is 8.82. The second-order valence-corrected chi connectivity index (χ2v) is 12.3. The van der Waals surface area contributed by atoms with Gasteiger partial charge in [0.2, 0.25) is 5.91 Å². The van der Waals surface area contributed by atoms with E-state index in [1.54, 1.807) is 47.8 Å². The molecule has 16 heteroatoms. The number of aryl methyl sites for hydroxylation is 1. The Balaban J connectivity index is 1.18. The van der Waals surface area contributed by atoms with Gasteiger partial charge >= 0.3 is 6.61 Å². The quantitative estimate of drug-likeness (QED) is 0.119. The van der Waals surface area contributed by atoms with Crippen LogP contribution in [0.4, 0.5) is 20.3 Å². The van der Waals surface area contributed by atoms with Gasteiger partial charge in [-0.05, 0) is 67.8 Å². The van der Waals surface area contributed by atoms with Crippen LogP contribution in [0.5, 0.6) is 5.75 Å². The zero-order chi connectivity index (χ0) is 36.1. The molecule has 1 aliphatic heterocycles. The molecule has 4 atom stereocenters. The molecule has 4 aromatic rings. The number of aliphatic hydroxyl groups excluding tert-OH is 5. The number of likely N-dealkylation sites (tertiary alicyclic amines) is 1. The molecular weight excluding hydrogens is 658 g/mol. The largest absolute Gasteiger partial charge is 0.435 e. The molecule has 0 bridgehead atoms. The van der Waals surface area contributed by atoms with Gasteiger partial charge in [0.05, 0.1) is 18.5 Å². The van der Waals surface area contributed by atoms with E-state index in [9.17, 15) is 38.8 Å². The topological polar surface area (TPSA) is 193 Å². The Morgan fingerprint density at radius 3 is 2.34 bits per heavy atom. The van der Waals surface area contributed by atoms with Gasteiger partial charge in [0, 0.05) is 61.8 Å². The molecule has 6 N–H and O–H groups in total. The van der Waals surface area contributed by atoms with E-state index >= 15 is 0 Å². The summed E-state index contributed by atoms with van der Waals surface area (Å²) in [5.41, 5.74) is 3.89. The van der Waals surface area contributed by atoms with Gasteiger partial charge < -0.3 is 45.4 Å². The number of benzene rings is 2. The minimum absolute atomic E-state index is 0.0501. The molecule has 3 heterocycles. The van der Waals surface area contributed by atoms with Gasteiger partial charge in [0.25, 0.3) is 5.91 Å². The number of aromatic nitrogens is 3. The van der Waals surface area contributed by atoms with E-state index < -0.39 is 43.6 Å². The van der Waals surface area contributed by atoms with Crippen molar-refractivity contribution < 1.29 is 48.6 Å². The highest BCUT2D eigenvalue weighted by molar-refractivity contribution is 5.96. The fourth-order valence-corrected chi connectivity index (χ4v) is 6.00. The molecule has 2 aromatic heterocycles. The number of carbonyl (C=O) groups is 2. The maximum Gasteiger partial charge on any atom is 0.387 e. The lowest BCUT2D eigenvalue weighted by atomic mass is 9.94. The van der Waals surface area contributed by atoms with Gasteiger partial charge in [-0.1, -0.05) is 0 Å². The molecule has 1 saturated heterocycles. The molecule has 1 aliphatic rings. The van der Waals surface area contributed by atoms with Gasteiger partial charge in [-0.3, -0.25) is 14.0 Å². The number of hydrogen-bond acceptors (Lipinski definition) is 11. The van der Waals surface area contributed by atoms with Crippen LogP contribution in [0.15, 0.2) is 61.1 Å². The summed E-state index contributed by atoms with van der Waals surface area (Å²) in [6.45, 7) is -1.51. The molecule has 5 rings (SSSR count). The van der Waals surface area contributed by atoms with Gasteiger partial charge in [-0.15, -0.1) is 0 Å². The maximum absolute atomic E-state index is 13.5. The number of imidazole rings is 1. The molecule has 50 heavy (non-hydrogen) atoms. The Morgan fingerprint density at radius 2 is 1.70 bits per heavy atom. The zero-order valence-electron chi connectivity index (χ0n) is 27.4. The average Bonchev–Trinajstić information content (AvgIpc) is 3.55. The normalized spacial score (nSPS) is 16.2. The van der Waals surface area contributed by atoms with Crippen molar-refractivity contribution in [1.82, 2.24) is 24.2 Å². The summed E-state index contributed by atoms with van der Waals surface area (Å²) in [6, 6.07) is 11.5. The Kier molecular flexibility index (Phi) is 11.6. The molecular formula is C34H40F2N6O8. The van der Waals surface area contributed by atoms with Crippen molar-refractivity contribution in [2.45, 2.75) is 50.8 Å². The SMILES string of the molecule is Cc1cc(Nc2nccn3c(-c4ccc(OC(F)F)cc4)cnc23)ccc1C(=O)N1CCC(C(=O)N(C)C[C@H](O)[C@@H](O)[C@@H](O)[C@H](O)CO)CC1. The van der Waals surface area contributed by atoms with Crippen LogP contribution in [0.3, 0.4) is 0 Å². The number of fused-ring (bicyclic) bond motifs is 1. The van der Waals surface area contributed by atoms with Crippen molar-refractivity contribution in [2.24, 2.45) is 5.92 Å². The lowest BCUT2D eigenvalue weighted by Crippen LogP contribution is -2.51. The van der Waals surface area contributed by atoms with Gasteiger partial charge in [-0.2, -0.15) is 8.78 Å². The fraction of sp³-hybridized carbons (Fsp3) is 0.412. The Hall–Kier alpha value is -4.74. The first-order chi connectivity index (χ1) is 23.9. The third-order valence-corrected chi connectivity index (χ3v) is 8.82. The number of alkyl halides is 2. The van der Waals surface area contributed by atoms with Crippen molar-refractivity contribution in [1.29, 1.82) is 0 Å². The monoisotopic (exact) mass is 698 g/mol. The number of nitrogens with one attached hydrogen (secondary N) is 1. The van der Waals surface area contributed by atoms with Crippen molar-refractivity contribution >= 4 is 29.0 Å². The van der Waals surface area contributed by atoms with Gasteiger partial charge in [-0.25, -0.2) is 9.97 Å². The second kappa shape index (κ2) is 15.9. The van der Waals surface area contributed by atoms with Crippen LogP contribution < -0.4 is 10.1 Å². The first-order valence-corrected chi connectivity index (χ1v) is 16.0. The second-order valence-electron chi connectivity index (χ2n) is 12.3. The average molecular weight is 699 g/mol. The van der Waals surface area contributed by atoms with Crippen LogP contribution in [0.25, 0.3) is 16.9 Å². The predicted molar refractivity (Wildman–Crippen MR) is 177 cm³/mol. The summed E-state index contributed by atoms with van der Waals surface area (Å²) >= 11 is 0. The number of halogens is 2. The van der Waals surface area contributed by atoms with Crippen LogP contribution >= 0.6 is 0 Å². The molecule has 0 radical (unpaired) electrons. The van der Waals surface area contributed by atoms with E-state index in [1.165, 1.54) is 24.1 Å². The minimum atomic E-state index is -2.91. The third kappa shape index (κ3) is 8.17. The number of amides is 2. The molecule has 0 spiro atoms. The summed E-state index contributed by atoms with van der Waals surface area (Å²) in [6.07, 6.45) is -0.956. The van der Waals surface area contributed by atoms with E-state index in [2.05, 4.69) is 20.0 Å². The molecule has 268 valence electrons. The van der Waals surface area contributed by atoms with Crippen LogP contribution in [-0.4, -0.2) is 126 Å². The number of aliphatic hydroxyl groups is 5. The molecule has 14 nitrogen and oxygen atoms in total. The molecule has 0 saturated carbocycles. The van der Waals surface area contributed by atoms with E-state index in [0.717, 1.165) is 16.8 Å². The van der Waals surface area contributed by atoms with E-state index in [4.69, 9.17) is 5.11 Å². The first kappa shape index (κ1) is 36.5. The van der Waals surface area contributed by atoms with Crippen molar-refractivity contribution in [3.63, 3.8) is 0 Å². The summed E-state index contributed by atoms with van der Waals surface area (Å²) in [7, 11) is 1.46. The van der Waals surface area contributed by atoms with Gasteiger partial charge in [0.1, 0.15) is 30.2 Å². The number of anilines is 2. The predicted octanol–water partition coefficient (Wildman–Crippen LogP) is 1.80. The summed E-state index contributed by atoms with van der Waals surface area (Å²) in [5, 5.41) is 51.9. The number of rotatable bonds is 13. The van der Waals surface area contributed by atoms with Crippen molar-refractivity contribution in [2.75, 3.05) is 38.6 Å². The van der Waals surface area contributed by atoms with Gasteiger partial charge in [0.15, 0.2) is 11.5 Å². The van der Waals surface area contributed by atoms with E-state index in [0.29, 0.717) is 48.6 Å². The molecule has 0 unspecified atom stereocenters. The Morgan fingerprint density at radius 1 is 1.02 bits per heavy atom. The van der Waals surface area contributed by atoms with Crippen LogP contribution in [0.1, 0.15) is 28.8 Å². The van der Waals surface area contributed by atoms with Crippen molar-refractivity contribution in [3.8, 4) is 17.0 Å². The fourth-order valence-electron chi connectivity index (χ4n) is 6.00. The zero-order valence-corrected chi connectivity index (χ0v) is 27.4. The number of nitrogens with zero attached hydrogens (tertiary/aromatic N) is 5. The Labute approximate surface area is 286 Å². The Bertz CT molecular complexity index is 1780. The number of piperidine rings is 1. The smallest absolute Gasteiger partial charge is 0.387 e. The maximum atomic E-state index is 13.5. The summed E-state index contributed by atoms with van der Waals surface area (Å²) in [5.74, 6) is -0.350. The van der Waals surface area contributed by atoms with Crippen molar-refractivity contribution in [3.05, 3.63) is 72.2 Å². The highest BCUT2D eigenvalue weighted by Gasteiger charge is 2.34. The van der Waals surface area contributed by atoms with E-state index in [-0.39, 0.29) is 24.1 Å². The highest BCUT2D eigenvalue weighted by Crippen LogP contribution is 2.29. The highest BCUT2D eigenvalue weighted by atomic mass is 19.3. The van der Waals surface area contributed by atoms with Crippen LogP contribution in [-0.2, 0) is 4.79 Å². The number of hydrogen-bond donors (Lipinski definition) is 6. The minimum Gasteiger partial charge on any atom is -0.435 e. The first-order valence-electron chi connectivity index (χ1n) is 16.0. The molecule has 2 aromatic carbocycles. The van der Waals surface area contributed by atoms with Crippen LogP contribution in [0, 0.1) is 12.8 Å². The molecule has 0 aliphatic carbocycles. The number of ether oxygens (including phenoxy) is 1. The number of likely N-dealkylation sites (N-methyl/N-ethyl adjacent to an activating group) is 1. The molecule has 2 amide bonds. The lowest BCUT2D eigenvalue weighted by Gasteiger charge is -2.34. The summed E-state index contributed by atoms with van der Waals surface area (Å²) in [4.78, 5) is 38.4. The standard InChI is InChI=1S/C34H40F2N6O8/c1-19-15-22(39-30-31-38-16-25(42(31)14-11-37-30)20-3-6-23(7-4-20)50-34(35)36)5-8-24(19)33(49)41-12-9-21(10-13-41)32(48)40(2)17-26(44)28(46)29(47)27(45)18-43/h3-8,11,14-16,21,26-29,34,43-47H,9-10,12-13,17-18H2,1-2H3,(H,37,39)/t26-,27+,28+,29-/m0/s1.